The molecule has 0 radical (unpaired) electrons. The molecule has 10 heteroatoms. The highest BCUT2D eigenvalue weighted by molar-refractivity contribution is 8.01. The van der Waals surface area contributed by atoms with E-state index in [9.17, 15) is 24.6 Å². The molecule has 29 heavy (non-hydrogen) atoms. The van der Waals surface area contributed by atoms with Crippen LogP contribution in [0.1, 0.15) is 30.0 Å². The van der Waals surface area contributed by atoms with Crippen LogP contribution in [-0.2, 0) is 9.59 Å². The number of carbonyl (C=O) groups excluding carboxylic acids is 1. The number of nitrogens with one attached hydrogen (secondary N) is 2. The van der Waals surface area contributed by atoms with Gasteiger partial charge in [-0.05, 0) is 20.8 Å². The van der Waals surface area contributed by atoms with Crippen LogP contribution in [0, 0.1) is 6.92 Å². The van der Waals surface area contributed by atoms with Gasteiger partial charge in [-0.3, -0.25) is 14.9 Å². The van der Waals surface area contributed by atoms with Gasteiger partial charge in [0.15, 0.2) is 6.04 Å². The monoisotopic (exact) mass is 419 g/mol. The summed E-state index contributed by atoms with van der Waals surface area (Å²) in [6, 6.07) is 6.61. The van der Waals surface area contributed by atoms with E-state index in [1.807, 2.05) is 6.07 Å². The van der Waals surface area contributed by atoms with Crippen molar-refractivity contribution in [2.75, 3.05) is 0 Å². The Bertz CT molecular complexity index is 943. The summed E-state index contributed by atoms with van der Waals surface area (Å²) in [6.45, 7) is 4.99. The molecule has 1 aliphatic rings. The van der Waals surface area contributed by atoms with Gasteiger partial charge in [0.1, 0.15) is 23.1 Å². The van der Waals surface area contributed by atoms with Crippen LogP contribution in [0.2, 0.25) is 0 Å². The van der Waals surface area contributed by atoms with Crippen molar-refractivity contribution in [3.05, 3.63) is 41.7 Å². The Hall–Kier alpha value is -2.85. The summed E-state index contributed by atoms with van der Waals surface area (Å²) in [7, 11) is 0. The average Bonchev–Trinajstić information content (AvgIpc) is 3.19. The number of hydrogen-bond donors (Lipinski definition) is 4. The fourth-order valence-corrected chi connectivity index (χ4v) is 4.72. The lowest BCUT2D eigenvalue weighted by Gasteiger charge is -2.22. The third kappa shape index (κ3) is 4.13. The average molecular weight is 419 g/mol. The van der Waals surface area contributed by atoms with Gasteiger partial charge in [0, 0.05) is 10.3 Å². The van der Waals surface area contributed by atoms with Crippen molar-refractivity contribution in [3.63, 3.8) is 0 Å². The van der Waals surface area contributed by atoms with E-state index in [1.165, 1.54) is 0 Å². The first-order valence-electron chi connectivity index (χ1n) is 8.84. The van der Waals surface area contributed by atoms with Gasteiger partial charge >= 0.3 is 11.9 Å². The molecule has 1 fully saturated rings. The van der Waals surface area contributed by atoms with Gasteiger partial charge in [0.2, 0.25) is 0 Å². The van der Waals surface area contributed by atoms with E-state index in [4.69, 9.17) is 4.52 Å². The zero-order valence-corrected chi connectivity index (χ0v) is 16.8. The summed E-state index contributed by atoms with van der Waals surface area (Å²) >= 11 is 1.16. The number of aromatic nitrogens is 1. The van der Waals surface area contributed by atoms with Crippen molar-refractivity contribution in [1.29, 1.82) is 0 Å². The van der Waals surface area contributed by atoms with Crippen molar-refractivity contribution in [3.8, 4) is 11.3 Å². The number of carbonyl (C=O) groups is 3. The van der Waals surface area contributed by atoms with Gasteiger partial charge in [-0.1, -0.05) is 35.5 Å². The van der Waals surface area contributed by atoms with E-state index in [0.717, 1.165) is 11.8 Å². The molecule has 3 rings (SSSR count). The normalized spacial score (nSPS) is 21.5. The highest BCUT2D eigenvalue weighted by atomic mass is 32.2. The minimum atomic E-state index is -1.35. The van der Waals surface area contributed by atoms with E-state index in [2.05, 4.69) is 15.8 Å². The van der Waals surface area contributed by atoms with Crippen LogP contribution in [0.3, 0.4) is 0 Å². The van der Waals surface area contributed by atoms with Gasteiger partial charge in [0.05, 0.1) is 5.37 Å². The van der Waals surface area contributed by atoms with Gasteiger partial charge in [-0.2, -0.15) is 0 Å². The summed E-state index contributed by atoms with van der Waals surface area (Å²) in [4.78, 5) is 36.3. The molecule has 9 nitrogen and oxygen atoms in total. The topological polar surface area (TPSA) is 142 Å². The lowest BCUT2D eigenvalue weighted by molar-refractivity contribution is -0.142. The molecule has 2 unspecified atom stereocenters. The Labute approximate surface area is 170 Å². The van der Waals surface area contributed by atoms with Crippen molar-refractivity contribution in [2.24, 2.45) is 0 Å². The minimum Gasteiger partial charge on any atom is -0.480 e. The molecule has 1 amide bonds. The number of thioether (sulfide) groups is 1. The zero-order valence-electron chi connectivity index (χ0n) is 16.0. The van der Waals surface area contributed by atoms with E-state index in [-0.39, 0.29) is 11.3 Å². The first-order chi connectivity index (χ1) is 13.6. The fourth-order valence-electron chi connectivity index (χ4n) is 3.24. The van der Waals surface area contributed by atoms with Crippen LogP contribution >= 0.6 is 11.8 Å². The SMILES string of the molecule is Cc1onc(-c2ccccc2)c1C(=O)NC(C(=O)O)C1N[C@@H](C(=O)O)C(C)(C)S1. The third-order valence-corrected chi connectivity index (χ3v) is 6.20. The number of aliphatic carboxylic acids is 2. The molecule has 2 aromatic rings. The number of amides is 1. The molecule has 154 valence electrons. The second kappa shape index (κ2) is 7.88. The summed E-state index contributed by atoms with van der Waals surface area (Å²) in [5.74, 6) is -2.77. The molecule has 3 atom stereocenters. The van der Waals surface area contributed by atoms with Crippen LogP contribution in [0.15, 0.2) is 34.9 Å². The smallest absolute Gasteiger partial charge is 0.328 e. The van der Waals surface area contributed by atoms with Crippen LogP contribution in [0.4, 0.5) is 0 Å². The van der Waals surface area contributed by atoms with Gasteiger partial charge in [0.25, 0.3) is 5.91 Å². The standard InChI is InChI=1S/C19H21N3O6S/c1-9-11(12(22-28-9)10-7-5-4-6-8-10)15(23)20-13(17(24)25)16-21-14(18(26)27)19(2,3)29-16/h4-8,13-14,16,21H,1-3H3,(H,20,23)(H,24,25)(H,26,27)/t13?,14-,16?/m0/s1. The Balaban J connectivity index is 1.87. The Morgan fingerprint density at radius 3 is 2.45 bits per heavy atom. The summed E-state index contributed by atoms with van der Waals surface area (Å²) in [5.41, 5.74) is 1.10. The van der Waals surface area contributed by atoms with E-state index in [0.29, 0.717) is 11.3 Å². The van der Waals surface area contributed by atoms with E-state index >= 15 is 0 Å². The second-order valence-electron chi connectivity index (χ2n) is 7.20. The first-order valence-corrected chi connectivity index (χ1v) is 9.72. The van der Waals surface area contributed by atoms with Crippen molar-refractivity contribution in [2.45, 2.75) is 43.0 Å². The largest absolute Gasteiger partial charge is 0.480 e. The van der Waals surface area contributed by atoms with Crippen LogP contribution in [0.25, 0.3) is 11.3 Å². The second-order valence-corrected chi connectivity index (χ2v) is 8.99. The molecular weight excluding hydrogens is 398 g/mol. The van der Waals surface area contributed by atoms with E-state index in [1.54, 1.807) is 45.0 Å². The van der Waals surface area contributed by atoms with E-state index < -0.39 is 40.1 Å². The third-order valence-electron chi connectivity index (χ3n) is 4.70. The number of rotatable bonds is 6. The lowest BCUT2D eigenvalue weighted by atomic mass is 10.0. The number of carboxylic acid groups (broad SMARTS) is 2. The number of carboxylic acids is 2. The maximum absolute atomic E-state index is 12.9. The van der Waals surface area contributed by atoms with Gasteiger partial charge in [-0.25, -0.2) is 4.79 Å². The number of hydrogen-bond acceptors (Lipinski definition) is 7. The highest BCUT2D eigenvalue weighted by Crippen LogP contribution is 2.39. The molecule has 4 N–H and O–H groups in total. The molecule has 1 aliphatic heterocycles. The van der Waals surface area contributed by atoms with Crippen molar-refractivity contribution >= 4 is 29.6 Å². The fraction of sp³-hybridized carbons (Fsp3) is 0.368. The molecule has 0 spiro atoms. The number of nitrogens with zero attached hydrogens (tertiary/aromatic N) is 1. The molecule has 0 aliphatic carbocycles. The molecule has 1 aromatic heterocycles. The summed E-state index contributed by atoms with van der Waals surface area (Å²) < 4.78 is 4.41. The van der Waals surface area contributed by atoms with Gasteiger partial charge < -0.3 is 20.1 Å². The highest BCUT2D eigenvalue weighted by Gasteiger charge is 2.49. The van der Waals surface area contributed by atoms with Crippen LogP contribution in [0.5, 0.6) is 0 Å². The Kier molecular flexibility index (Phi) is 5.67. The summed E-state index contributed by atoms with van der Waals surface area (Å²) in [5, 5.41) is 27.5. The molecule has 1 aromatic carbocycles. The quantitative estimate of drug-likeness (QED) is 0.550. The Morgan fingerprint density at radius 2 is 1.90 bits per heavy atom. The lowest BCUT2D eigenvalue weighted by Crippen LogP contribution is -2.53. The first kappa shape index (κ1) is 20.9. The summed E-state index contributed by atoms with van der Waals surface area (Å²) in [6.07, 6.45) is 0. The number of aryl methyl sites for hydroxylation is 1. The molecule has 0 bridgehead atoms. The minimum absolute atomic E-state index is 0.138. The molecule has 1 saturated heterocycles. The zero-order chi connectivity index (χ0) is 21.3. The Morgan fingerprint density at radius 1 is 1.24 bits per heavy atom. The molecule has 2 heterocycles. The maximum Gasteiger partial charge on any atom is 0.328 e. The van der Waals surface area contributed by atoms with Crippen molar-refractivity contribution < 1.29 is 29.1 Å². The maximum atomic E-state index is 12.9. The predicted molar refractivity (Wildman–Crippen MR) is 106 cm³/mol. The predicted octanol–water partition coefficient (Wildman–Crippen LogP) is 1.73. The van der Waals surface area contributed by atoms with Gasteiger partial charge in [-0.15, -0.1) is 11.8 Å². The van der Waals surface area contributed by atoms with Crippen molar-refractivity contribution in [1.82, 2.24) is 15.8 Å². The van der Waals surface area contributed by atoms with Crippen LogP contribution < -0.4 is 10.6 Å². The molecular formula is C19H21N3O6S. The number of benzene rings is 1. The molecule has 0 saturated carbocycles. The van der Waals surface area contributed by atoms with Crippen LogP contribution in [-0.4, -0.2) is 55.4 Å².